The molecule has 1 aromatic rings. The lowest BCUT2D eigenvalue weighted by Gasteiger charge is -2.33. The molecule has 1 aliphatic rings. The summed E-state index contributed by atoms with van der Waals surface area (Å²) < 4.78 is 26.6. The van der Waals surface area contributed by atoms with Crippen molar-refractivity contribution in [2.24, 2.45) is 5.92 Å². The Morgan fingerprint density at radius 1 is 1.11 bits per heavy atom. The average molecular weight is 398 g/mol. The van der Waals surface area contributed by atoms with Crippen molar-refractivity contribution in [2.45, 2.75) is 39.5 Å². The van der Waals surface area contributed by atoms with Gasteiger partial charge in [0.05, 0.1) is 5.75 Å². The predicted octanol–water partition coefficient (Wildman–Crippen LogP) is 1.26. The summed E-state index contributed by atoms with van der Waals surface area (Å²) >= 11 is 0. The topological polar surface area (TPSA) is 95.5 Å². The number of rotatable bonds is 10. The number of anilines is 1. The van der Waals surface area contributed by atoms with Gasteiger partial charge in [-0.25, -0.2) is 18.4 Å². The van der Waals surface area contributed by atoms with Gasteiger partial charge in [-0.2, -0.15) is 4.31 Å². The summed E-state index contributed by atoms with van der Waals surface area (Å²) in [6.45, 7) is 6.20. The lowest BCUT2D eigenvalue weighted by atomic mass is 9.97. The second kappa shape index (κ2) is 10.6. The molecule has 1 N–H and O–H groups in total. The van der Waals surface area contributed by atoms with Gasteiger partial charge in [0.1, 0.15) is 0 Å². The third-order valence-corrected chi connectivity index (χ3v) is 6.64. The molecule has 0 aliphatic carbocycles. The molecule has 0 radical (unpaired) electrons. The molecule has 1 fully saturated rings. The average Bonchev–Trinajstić information content (AvgIpc) is 2.68. The second-order valence-corrected chi connectivity index (χ2v) is 8.90. The first-order valence-corrected chi connectivity index (χ1v) is 11.4. The van der Waals surface area contributed by atoms with E-state index in [-0.39, 0.29) is 24.1 Å². The first-order chi connectivity index (χ1) is 13.0. The van der Waals surface area contributed by atoms with Gasteiger partial charge in [0, 0.05) is 51.0 Å². The van der Waals surface area contributed by atoms with Crippen molar-refractivity contribution < 1.29 is 13.2 Å². The number of piperazine rings is 1. The van der Waals surface area contributed by atoms with Crippen molar-refractivity contribution in [3.05, 3.63) is 18.5 Å². The number of amides is 1. The van der Waals surface area contributed by atoms with Crippen molar-refractivity contribution in [3.63, 3.8) is 0 Å². The van der Waals surface area contributed by atoms with Crippen LogP contribution in [0.3, 0.4) is 0 Å². The standard InChI is InChI=1S/C18H31N5O3S/c1-3-6-16(7-4-2)17(24)19-10-15-27(25,26)23-13-11-22(12-14-23)18-20-8-5-9-21-18/h5,8-9,16H,3-4,6-7,10-15H2,1-2H3,(H,19,24). The highest BCUT2D eigenvalue weighted by atomic mass is 32.2. The fraction of sp³-hybridized carbons (Fsp3) is 0.722. The molecule has 2 rings (SSSR count). The zero-order valence-corrected chi connectivity index (χ0v) is 17.1. The maximum Gasteiger partial charge on any atom is 0.225 e. The first kappa shape index (κ1) is 21.6. The van der Waals surface area contributed by atoms with E-state index in [1.807, 2.05) is 4.90 Å². The van der Waals surface area contributed by atoms with Gasteiger partial charge in [0.15, 0.2) is 0 Å². The van der Waals surface area contributed by atoms with Gasteiger partial charge in [-0.1, -0.05) is 26.7 Å². The monoisotopic (exact) mass is 397 g/mol. The lowest BCUT2D eigenvalue weighted by Crippen LogP contribution is -2.50. The minimum Gasteiger partial charge on any atom is -0.355 e. The Hall–Kier alpha value is -1.74. The Bertz CT molecular complexity index is 669. The Kier molecular flexibility index (Phi) is 8.43. The van der Waals surface area contributed by atoms with Crippen LogP contribution in [0.4, 0.5) is 5.95 Å². The molecule has 152 valence electrons. The van der Waals surface area contributed by atoms with Crippen molar-refractivity contribution in [2.75, 3.05) is 43.4 Å². The summed E-state index contributed by atoms with van der Waals surface area (Å²) in [5.41, 5.74) is 0. The van der Waals surface area contributed by atoms with Gasteiger partial charge in [-0.05, 0) is 18.9 Å². The summed E-state index contributed by atoms with van der Waals surface area (Å²) in [5.74, 6) is 0.516. The van der Waals surface area contributed by atoms with Crippen molar-refractivity contribution in [1.82, 2.24) is 19.6 Å². The molecule has 9 heteroatoms. The van der Waals surface area contributed by atoms with Crippen LogP contribution in [0.5, 0.6) is 0 Å². The summed E-state index contributed by atoms with van der Waals surface area (Å²) in [5, 5.41) is 2.81. The first-order valence-electron chi connectivity index (χ1n) is 9.75. The Morgan fingerprint density at radius 2 is 1.70 bits per heavy atom. The van der Waals surface area contributed by atoms with Crippen LogP contribution >= 0.6 is 0 Å². The number of nitrogens with one attached hydrogen (secondary N) is 1. The fourth-order valence-electron chi connectivity index (χ4n) is 3.30. The molecule has 2 heterocycles. The second-order valence-electron chi connectivity index (χ2n) is 6.82. The Morgan fingerprint density at radius 3 is 2.26 bits per heavy atom. The van der Waals surface area contributed by atoms with E-state index >= 15 is 0 Å². The van der Waals surface area contributed by atoms with Crippen molar-refractivity contribution >= 4 is 21.9 Å². The fourth-order valence-corrected chi connectivity index (χ4v) is 4.64. The van der Waals surface area contributed by atoms with Crippen LogP contribution in [0.1, 0.15) is 39.5 Å². The number of hydrogen-bond donors (Lipinski definition) is 1. The summed E-state index contributed by atoms with van der Waals surface area (Å²) in [6, 6.07) is 1.75. The molecular formula is C18H31N5O3S. The Balaban J connectivity index is 1.79. The molecule has 0 aromatic carbocycles. The quantitative estimate of drug-likeness (QED) is 0.639. The highest BCUT2D eigenvalue weighted by molar-refractivity contribution is 7.89. The molecule has 1 aromatic heterocycles. The zero-order valence-electron chi connectivity index (χ0n) is 16.3. The summed E-state index contributed by atoms with van der Waals surface area (Å²) in [7, 11) is -3.38. The van der Waals surface area contributed by atoms with E-state index in [9.17, 15) is 13.2 Å². The van der Waals surface area contributed by atoms with E-state index in [0.29, 0.717) is 32.1 Å². The summed E-state index contributed by atoms with van der Waals surface area (Å²) in [4.78, 5) is 22.6. The SMILES string of the molecule is CCCC(CCC)C(=O)NCCS(=O)(=O)N1CCN(c2ncccn2)CC1. The number of sulfonamides is 1. The molecule has 1 aliphatic heterocycles. The van der Waals surface area contributed by atoms with E-state index in [1.54, 1.807) is 18.5 Å². The van der Waals surface area contributed by atoms with Gasteiger partial charge >= 0.3 is 0 Å². The van der Waals surface area contributed by atoms with Crippen LogP contribution in [0.25, 0.3) is 0 Å². The smallest absolute Gasteiger partial charge is 0.225 e. The molecular weight excluding hydrogens is 366 g/mol. The normalized spacial score (nSPS) is 15.9. The van der Waals surface area contributed by atoms with Gasteiger partial charge in [-0.15, -0.1) is 0 Å². The maximum absolute atomic E-state index is 12.6. The largest absolute Gasteiger partial charge is 0.355 e. The molecule has 0 atom stereocenters. The number of carbonyl (C=O) groups excluding carboxylic acids is 1. The predicted molar refractivity (Wildman–Crippen MR) is 106 cm³/mol. The van der Waals surface area contributed by atoms with Crippen molar-refractivity contribution in [1.29, 1.82) is 0 Å². The minimum absolute atomic E-state index is 0.0166. The van der Waals surface area contributed by atoms with Crippen molar-refractivity contribution in [3.8, 4) is 0 Å². The van der Waals surface area contributed by atoms with Crippen LogP contribution in [-0.2, 0) is 14.8 Å². The van der Waals surface area contributed by atoms with Gasteiger partial charge in [0.2, 0.25) is 21.9 Å². The van der Waals surface area contributed by atoms with Crippen LogP contribution in [0.15, 0.2) is 18.5 Å². The molecule has 0 spiro atoms. The van der Waals surface area contributed by atoms with Crippen LogP contribution in [0, 0.1) is 5.92 Å². The molecule has 27 heavy (non-hydrogen) atoms. The van der Waals surface area contributed by atoms with E-state index in [2.05, 4.69) is 29.1 Å². The van der Waals surface area contributed by atoms with Crippen LogP contribution in [0.2, 0.25) is 0 Å². The molecule has 0 unspecified atom stereocenters. The van der Waals surface area contributed by atoms with Gasteiger partial charge in [-0.3, -0.25) is 4.79 Å². The number of nitrogens with zero attached hydrogens (tertiary/aromatic N) is 4. The molecule has 0 saturated carbocycles. The van der Waals surface area contributed by atoms with Gasteiger partial charge in [0.25, 0.3) is 0 Å². The highest BCUT2D eigenvalue weighted by Crippen LogP contribution is 2.14. The van der Waals surface area contributed by atoms with Crippen LogP contribution < -0.4 is 10.2 Å². The highest BCUT2D eigenvalue weighted by Gasteiger charge is 2.28. The number of carbonyl (C=O) groups is 1. The third kappa shape index (κ3) is 6.42. The molecule has 1 saturated heterocycles. The number of hydrogen-bond acceptors (Lipinski definition) is 6. The van der Waals surface area contributed by atoms with Gasteiger partial charge < -0.3 is 10.2 Å². The Labute approximate surface area is 162 Å². The van der Waals surface area contributed by atoms with Crippen LogP contribution in [-0.4, -0.2) is 67.1 Å². The zero-order chi connectivity index (χ0) is 19.7. The lowest BCUT2D eigenvalue weighted by molar-refractivity contribution is -0.125. The maximum atomic E-state index is 12.6. The molecule has 8 nitrogen and oxygen atoms in total. The van der Waals surface area contributed by atoms with E-state index in [0.717, 1.165) is 25.7 Å². The summed E-state index contributed by atoms with van der Waals surface area (Å²) in [6.07, 6.45) is 6.94. The van der Waals surface area contributed by atoms with E-state index in [4.69, 9.17) is 0 Å². The molecule has 1 amide bonds. The molecule has 0 bridgehead atoms. The van der Waals surface area contributed by atoms with E-state index < -0.39 is 10.0 Å². The minimum atomic E-state index is -3.38. The number of aromatic nitrogens is 2. The van der Waals surface area contributed by atoms with E-state index in [1.165, 1.54) is 4.31 Å². The third-order valence-electron chi connectivity index (χ3n) is 4.77.